The van der Waals surface area contributed by atoms with Crippen LogP contribution in [0.5, 0.6) is 11.6 Å². The molecule has 0 aliphatic carbocycles. The first kappa shape index (κ1) is 24.8. The summed E-state index contributed by atoms with van der Waals surface area (Å²) >= 11 is 0. The molecule has 1 aliphatic rings. The highest BCUT2D eigenvalue weighted by molar-refractivity contribution is 6.04. The van der Waals surface area contributed by atoms with Crippen molar-refractivity contribution in [3.63, 3.8) is 0 Å². The predicted octanol–water partition coefficient (Wildman–Crippen LogP) is 2.78. The van der Waals surface area contributed by atoms with Gasteiger partial charge in [-0.3, -0.25) is 14.6 Å². The molecule has 36 heavy (non-hydrogen) atoms. The average Bonchev–Trinajstić information content (AvgIpc) is 3.30. The van der Waals surface area contributed by atoms with Crippen molar-refractivity contribution in [2.75, 3.05) is 25.1 Å². The summed E-state index contributed by atoms with van der Waals surface area (Å²) < 4.78 is 6.28. The van der Waals surface area contributed by atoms with E-state index in [9.17, 15) is 19.5 Å². The Bertz CT molecular complexity index is 1420. The summed E-state index contributed by atoms with van der Waals surface area (Å²) in [5.74, 6) is -0.553. The molecule has 0 radical (unpaired) electrons. The van der Waals surface area contributed by atoms with Crippen molar-refractivity contribution in [2.45, 2.75) is 33.2 Å². The fraction of sp³-hybridized carbons (Fsp3) is 0.308. The molecule has 10 nitrogen and oxygen atoms in total. The minimum Gasteiger partial charge on any atom is -0.495 e. The fourth-order valence-electron chi connectivity index (χ4n) is 4.53. The summed E-state index contributed by atoms with van der Waals surface area (Å²) in [7, 11) is 1.44. The van der Waals surface area contributed by atoms with Crippen LogP contribution in [0.15, 0.2) is 63.2 Å². The summed E-state index contributed by atoms with van der Waals surface area (Å²) in [6, 6.07) is 14.0. The van der Waals surface area contributed by atoms with E-state index < -0.39 is 23.2 Å². The zero-order valence-electron chi connectivity index (χ0n) is 20.7. The smallest absolute Gasteiger partial charge is 0.335 e. The standard InChI is InChI=1S/C26H29N5O5/c1-5-29(6-2)18-13-11-17(12-14-18)21-15-19(28-31(21)16(3)32)23-24(33)27-26(35)30(25(23)34)20-9-7-8-10-22(20)36-4/h7-14,21,34H,5-6,15H2,1-4H3,(H,27,33,35)/t21-/m1/s1. The molecule has 2 aromatic carbocycles. The summed E-state index contributed by atoms with van der Waals surface area (Å²) in [6.45, 7) is 7.30. The number of hydrogen-bond acceptors (Lipinski definition) is 7. The number of nitrogens with one attached hydrogen (secondary N) is 1. The Hall–Kier alpha value is -4.34. The van der Waals surface area contributed by atoms with Crippen LogP contribution in [0, 0.1) is 0 Å². The first-order chi connectivity index (χ1) is 17.3. The number of H-pyrrole nitrogens is 1. The van der Waals surface area contributed by atoms with Crippen molar-refractivity contribution < 1.29 is 14.6 Å². The molecular weight excluding hydrogens is 462 g/mol. The molecule has 0 bridgehead atoms. The van der Waals surface area contributed by atoms with E-state index in [1.807, 2.05) is 24.3 Å². The minimum atomic E-state index is -0.823. The van der Waals surface area contributed by atoms with Gasteiger partial charge >= 0.3 is 5.69 Å². The van der Waals surface area contributed by atoms with Gasteiger partial charge in [0.25, 0.3) is 5.56 Å². The van der Waals surface area contributed by atoms with E-state index in [1.54, 1.807) is 24.3 Å². The third kappa shape index (κ3) is 4.37. The summed E-state index contributed by atoms with van der Waals surface area (Å²) in [4.78, 5) is 42.4. The number of aromatic amines is 1. The Balaban J connectivity index is 1.77. The van der Waals surface area contributed by atoms with Gasteiger partial charge < -0.3 is 14.7 Å². The Labute approximate surface area is 208 Å². The monoisotopic (exact) mass is 491 g/mol. The molecule has 10 heteroatoms. The molecule has 1 atom stereocenters. The van der Waals surface area contributed by atoms with Crippen molar-refractivity contribution in [3.8, 4) is 17.3 Å². The molecular formula is C26H29N5O5. The van der Waals surface area contributed by atoms with Crippen LogP contribution in [0.3, 0.4) is 0 Å². The highest BCUT2D eigenvalue weighted by Gasteiger charge is 2.34. The largest absolute Gasteiger partial charge is 0.495 e. The van der Waals surface area contributed by atoms with E-state index in [0.29, 0.717) is 5.75 Å². The number of carbonyl (C=O) groups excluding carboxylic acids is 1. The number of nitrogens with zero attached hydrogens (tertiary/aromatic N) is 4. The minimum absolute atomic E-state index is 0.172. The van der Waals surface area contributed by atoms with Gasteiger partial charge in [0.2, 0.25) is 11.8 Å². The number of ether oxygens (including phenoxy) is 1. The molecule has 0 unspecified atom stereocenters. The molecule has 2 N–H and O–H groups in total. The van der Waals surface area contributed by atoms with Crippen molar-refractivity contribution in [2.24, 2.45) is 5.10 Å². The van der Waals surface area contributed by atoms with Crippen LogP contribution in [0.4, 0.5) is 5.69 Å². The van der Waals surface area contributed by atoms with Crippen molar-refractivity contribution >= 4 is 17.3 Å². The molecule has 1 aliphatic heterocycles. The quantitative estimate of drug-likeness (QED) is 0.524. The van der Waals surface area contributed by atoms with E-state index in [1.165, 1.54) is 19.0 Å². The molecule has 3 aromatic rings. The number of hydrazone groups is 1. The summed E-state index contributed by atoms with van der Waals surface area (Å²) in [5.41, 5.74) is 0.578. The number of carbonyl (C=O) groups is 1. The average molecular weight is 492 g/mol. The number of aromatic hydroxyl groups is 1. The van der Waals surface area contributed by atoms with Crippen LogP contribution in [-0.2, 0) is 4.79 Å². The Morgan fingerprint density at radius 3 is 2.42 bits per heavy atom. The van der Waals surface area contributed by atoms with Gasteiger partial charge in [-0.25, -0.2) is 14.4 Å². The molecule has 0 fully saturated rings. The Morgan fingerprint density at radius 1 is 1.14 bits per heavy atom. The molecule has 4 rings (SSSR count). The highest BCUT2D eigenvalue weighted by atomic mass is 16.5. The molecule has 188 valence electrons. The lowest BCUT2D eigenvalue weighted by Gasteiger charge is -2.23. The molecule has 1 amide bonds. The summed E-state index contributed by atoms with van der Waals surface area (Å²) in [6.07, 6.45) is 0.185. The number of hydrogen-bond donors (Lipinski definition) is 2. The Morgan fingerprint density at radius 2 is 1.81 bits per heavy atom. The van der Waals surface area contributed by atoms with Gasteiger partial charge in [-0.1, -0.05) is 24.3 Å². The second kappa shape index (κ2) is 10.1. The number of para-hydroxylation sites is 2. The van der Waals surface area contributed by atoms with E-state index in [4.69, 9.17) is 4.74 Å². The lowest BCUT2D eigenvalue weighted by Crippen LogP contribution is -2.33. The highest BCUT2D eigenvalue weighted by Crippen LogP contribution is 2.35. The third-order valence-corrected chi connectivity index (χ3v) is 6.34. The van der Waals surface area contributed by atoms with Gasteiger partial charge in [-0.05, 0) is 43.7 Å². The number of anilines is 1. The number of aromatic nitrogens is 2. The molecule has 1 aromatic heterocycles. The lowest BCUT2D eigenvalue weighted by molar-refractivity contribution is -0.130. The van der Waals surface area contributed by atoms with Crippen molar-refractivity contribution in [3.05, 3.63) is 80.5 Å². The maximum absolute atomic E-state index is 12.8. The van der Waals surface area contributed by atoms with Crippen LogP contribution >= 0.6 is 0 Å². The van der Waals surface area contributed by atoms with E-state index in [2.05, 4.69) is 28.8 Å². The maximum Gasteiger partial charge on any atom is 0.335 e. The van der Waals surface area contributed by atoms with E-state index in [-0.39, 0.29) is 29.3 Å². The topological polar surface area (TPSA) is 120 Å². The van der Waals surface area contributed by atoms with Crippen LogP contribution in [0.25, 0.3) is 5.69 Å². The van der Waals surface area contributed by atoms with Gasteiger partial charge in [-0.2, -0.15) is 5.10 Å². The van der Waals surface area contributed by atoms with E-state index >= 15 is 0 Å². The van der Waals surface area contributed by atoms with Gasteiger partial charge in [0.05, 0.1) is 24.6 Å². The summed E-state index contributed by atoms with van der Waals surface area (Å²) in [5, 5.41) is 16.8. The van der Waals surface area contributed by atoms with Crippen LogP contribution in [0.1, 0.15) is 44.4 Å². The SMILES string of the molecule is CCN(CC)c1ccc([C@H]2CC(c3c(O)n(-c4ccccc4OC)c(=O)[nH]c3=O)=NN2C(C)=O)cc1. The van der Waals surface area contributed by atoms with Crippen LogP contribution in [0.2, 0.25) is 0 Å². The number of rotatable bonds is 7. The number of amides is 1. The zero-order valence-corrected chi connectivity index (χ0v) is 20.7. The lowest BCUT2D eigenvalue weighted by atomic mass is 9.98. The van der Waals surface area contributed by atoms with Crippen molar-refractivity contribution in [1.82, 2.24) is 14.6 Å². The van der Waals surface area contributed by atoms with Gasteiger partial charge in [0.15, 0.2) is 0 Å². The zero-order chi connectivity index (χ0) is 26.0. The normalized spacial score (nSPS) is 15.1. The number of benzene rings is 2. The molecule has 0 saturated heterocycles. The second-order valence-corrected chi connectivity index (χ2v) is 8.36. The fourth-order valence-corrected chi connectivity index (χ4v) is 4.53. The first-order valence-electron chi connectivity index (χ1n) is 11.7. The predicted molar refractivity (Wildman–Crippen MR) is 137 cm³/mol. The second-order valence-electron chi connectivity index (χ2n) is 8.36. The van der Waals surface area contributed by atoms with Gasteiger partial charge in [0.1, 0.15) is 11.3 Å². The third-order valence-electron chi connectivity index (χ3n) is 6.34. The molecule has 0 spiro atoms. The van der Waals surface area contributed by atoms with Crippen molar-refractivity contribution in [1.29, 1.82) is 0 Å². The Kier molecular flexibility index (Phi) is 6.96. The van der Waals surface area contributed by atoms with Gasteiger partial charge in [-0.15, -0.1) is 0 Å². The molecule has 2 heterocycles. The molecule has 0 saturated carbocycles. The van der Waals surface area contributed by atoms with Crippen LogP contribution < -0.4 is 20.9 Å². The van der Waals surface area contributed by atoms with Crippen LogP contribution in [-0.4, -0.2) is 51.5 Å². The first-order valence-corrected chi connectivity index (χ1v) is 11.7. The number of methoxy groups -OCH3 is 1. The maximum atomic E-state index is 12.8. The van der Waals surface area contributed by atoms with E-state index in [0.717, 1.165) is 28.9 Å². The van der Waals surface area contributed by atoms with Gasteiger partial charge in [0, 0.05) is 32.1 Å².